The monoisotopic (exact) mass is 396 g/mol. The van der Waals surface area contributed by atoms with Crippen LogP contribution in [-0.4, -0.2) is 29.7 Å². The number of rotatable bonds is 7. The van der Waals surface area contributed by atoms with Crippen molar-refractivity contribution in [2.75, 3.05) is 7.05 Å². The molecule has 0 spiro atoms. The molecule has 0 bridgehead atoms. The zero-order chi connectivity index (χ0) is 20.8. The van der Waals surface area contributed by atoms with Gasteiger partial charge in [0.1, 0.15) is 5.82 Å². The second-order valence-corrected chi connectivity index (χ2v) is 7.19. The maximum Gasteiger partial charge on any atom is 0.254 e. The molecule has 1 aliphatic carbocycles. The molecule has 1 aliphatic rings. The molecule has 0 heterocycles. The van der Waals surface area contributed by atoms with E-state index in [-0.39, 0.29) is 24.0 Å². The van der Waals surface area contributed by atoms with Crippen LogP contribution in [0, 0.1) is 11.7 Å². The van der Waals surface area contributed by atoms with Gasteiger partial charge in [-0.25, -0.2) is 4.39 Å². The van der Waals surface area contributed by atoms with Gasteiger partial charge in [-0.2, -0.15) is 0 Å². The Morgan fingerprint density at radius 3 is 2.55 bits per heavy atom. The van der Waals surface area contributed by atoms with Crippen molar-refractivity contribution in [2.45, 2.75) is 32.4 Å². The molecule has 6 nitrogen and oxygen atoms in total. The molecular weight excluding hydrogens is 371 g/mol. The van der Waals surface area contributed by atoms with E-state index < -0.39 is 11.7 Å². The molecule has 1 saturated carbocycles. The van der Waals surface area contributed by atoms with Crippen molar-refractivity contribution in [2.24, 2.45) is 16.6 Å². The predicted octanol–water partition coefficient (Wildman–Crippen LogP) is 2.83. The van der Waals surface area contributed by atoms with E-state index in [0.717, 1.165) is 18.4 Å². The van der Waals surface area contributed by atoms with Gasteiger partial charge in [0, 0.05) is 20.0 Å². The van der Waals surface area contributed by atoms with E-state index in [1.165, 1.54) is 24.1 Å². The summed E-state index contributed by atoms with van der Waals surface area (Å²) in [7, 11) is 1.51. The van der Waals surface area contributed by atoms with Crippen molar-refractivity contribution < 1.29 is 14.0 Å². The van der Waals surface area contributed by atoms with Gasteiger partial charge < -0.3 is 11.1 Å². The van der Waals surface area contributed by atoms with Crippen molar-refractivity contribution in [1.82, 2.24) is 10.2 Å². The van der Waals surface area contributed by atoms with Crippen LogP contribution in [0.5, 0.6) is 0 Å². The topological polar surface area (TPSA) is 87.8 Å². The lowest BCUT2D eigenvalue weighted by Gasteiger charge is -2.22. The number of carbonyl (C=O) groups is 2. The molecule has 7 heteroatoms. The number of carbonyl (C=O) groups excluding carboxylic acids is 2. The number of halogens is 1. The summed E-state index contributed by atoms with van der Waals surface area (Å²) in [6.45, 7) is 0.429. The molecule has 3 N–H and O–H groups in total. The van der Waals surface area contributed by atoms with E-state index >= 15 is 0 Å². The van der Waals surface area contributed by atoms with Crippen LogP contribution >= 0.6 is 0 Å². The minimum atomic E-state index is -0.618. The first-order chi connectivity index (χ1) is 14.0. The Bertz CT molecular complexity index is 910. The van der Waals surface area contributed by atoms with E-state index in [0.29, 0.717) is 24.4 Å². The Morgan fingerprint density at radius 1 is 1.17 bits per heavy atom. The minimum absolute atomic E-state index is 0.0694. The minimum Gasteiger partial charge on any atom is -0.369 e. The Balaban J connectivity index is 1.72. The average molecular weight is 396 g/mol. The number of hydrogen-bond acceptors (Lipinski definition) is 3. The summed E-state index contributed by atoms with van der Waals surface area (Å²) in [6.07, 6.45) is 2.51. The van der Waals surface area contributed by atoms with Gasteiger partial charge in [-0.05, 0) is 42.0 Å². The predicted molar refractivity (Wildman–Crippen MR) is 109 cm³/mol. The lowest BCUT2D eigenvalue weighted by Crippen LogP contribution is -2.41. The molecule has 2 aromatic carbocycles. The highest BCUT2D eigenvalue weighted by Gasteiger charge is 2.28. The fourth-order valence-corrected chi connectivity index (χ4v) is 3.00. The first kappa shape index (κ1) is 20.5. The van der Waals surface area contributed by atoms with E-state index in [9.17, 15) is 14.0 Å². The van der Waals surface area contributed by atoms with E-state index in [1.54, 1.807) is 6.07 Å². The van der Waals surface area contributed by atoms with Crippen LogP contribution in [0.3, 0.4) is 0 Å². The maximum absolute atomic E-state index is 14.3. The van der Waals surface area contributed by atoms with Crippen LogP contribution in [0.15, 0.2) is 53.5 Å². The van der Waals surface area contributed by atoms with Gasteiger partial charge in [-0.3, -0.25) is 19.5 Å². The molecule has 3 rings (SSSR count). The normalized spacial score (nSPS) is 13.8. The van der Waals surface area contributed by atoms with Crippen molar-refractivity contribution >= 4 is 17.8 Å². The molecule has 0 atom stereocenters. The molecule has 2 aromatic rings. The van der Waals surface area contributed by atoms with E-state index in [2.05, 4.69) is 10.3 Å². The lowest BCUT2D eigenvalue weighted by molar-refractivity contribution is -0.128. The summed E-state index contributed by atoms with van der Waals surface area (Å²) in [5.74, 6) is -0.735. The van der Waals surface area contributed by atoms with Crippen LogP contribution in [0.4, 0.5) is 4.39 Å². The highest BCUT2D eigenvalue weighted by atomic mass is 19.1. The number of nitrogens with two attached hydrogens (primary N) is 1. The van der Waals surface area contributed by atoms with Gasteiger partial charge in [0.2, 0.25) is 5.91 Å². The summed E-state index contributed by atoms with van der Waals surface area (Å²) in [5.41, 5.74) is 7.36. The summed E-state index contributed by atoms with van der Waals surface area (Å²) in [6, 6.07) is 13.6. The molecular formula is C22H25FN4O2. The average Bonchev–Trinajstić information content (AvgIpc) is 3.55. The zero-order valence-electron chi connectivity index (χ0n) is 16.4. The fraction of sp³-hybridized carbons (Fsp3) is 0.318. The lowest BCUT2D eigenvalue weighted by atomic mass is 10.1. The molecule has 152 valence electrons. The summed E-state index contributed by atoms with van der Waals surface area (Å²) in [4.78, 5) is 30.3. The second kappa shape index (κ2) is 9.32. The van der Waals surface area contributed by atoms with E-state index in [1.807, 2.05) is 30.3 Å². The van der Waals surface area contributed by atoms with Crippen LogP contribution in [0.25, 0.3) is 0 Å². The molecule has 0 aliphatic heterocycles. The Hall–Kier alpha value is -3.22. The summed E-state index contributed by atoms with van der Waals surface area (Å²) >= 11 is 0. The smallest absolute Gasteiger partial charge is 0.254 e. The number of amides is 2. The first-order valence-corrected chi connectivity index (χ1v) is 9.61. The third kappa shape index (κ3) is 5.63. The second-order valence-electron chi connectivity index (χ2n) is 7.19. The third-order valence-corrected chi connectivity index (χ3v) is 4.88. The van der Waals surface area contributed by atoms with Gasteiger partial charge >= 0.3 is 0 Å². The van der Waals surface area contributed by atoms with Gasteiger partial charge in [0.15, 0.2) is 5.96 Å². The SMILES string of the molecule is CN=C(N)N(Cc1ccc(F)c(C(=O)NCc2ccccc2)c1)C(=O)CC1CC1. The number of benzene rings is 2. The van der Waals surface area contributed by atoms with Crippen LogP contribution in [0.1, 0.15) is 40.7 Å². The third-order valence-electron chi connectivity index (χ3n) is 4.88. The number of guanidine groups is 1. The first-order valence-electron chi connectivity index (χ1n) is 9.61. The fourth-order valence-electron chi connectivity index (χ4n) is 3.00. The highest BCUT2D eigenvalue weighted by Crippen LogP contribution is 2.33. The number of hydrogen-bond donors (Lipinski definition) is 2. The van der Waals surface area contributed by atoms with Crippen LogP contribution in [0.2, 0.25) is 0 Å². The molecule has 29 heavy (non-hydrogen) atoms. The highest BCUT2D eigenvalue weighted by molar-refractivity contribution is 5.97. The summed E-state index contributed by atoms with van der Waals surface area (Å²) < 4.78 is 14.3. The maximum atomic E-state index is 14.3. The van der Waals surface area contributed by atoms with Gasteiger partial charge in [0.25, 0.3) is 5.91 Å². The van der Waals surface area contributed by atoms with Crippen molar-refractivity contribution in [3.63, 3.8) is 0 Å². The molecule has 2 amide bonds. The molecule has 0 unspecified atom stereocenters. The van der Waals surface area contributed by atoms with Crippen molar-refractivity contribution in [3.8, 4) is 0 Å². The Morgan fingerprint density at radius 2 is 1.90 bits per heavy atom. The molecule has 1 fully saturated rings. The Kier molecular flexibility index (Phi) is 6.59. The van der Waals surface area contributed by atoms with Gasteiger partial charge in [-0.15, -0.1) is 0 Å². The standard InChI is InChI=1S/C22H25FN4O2/c1-25-22(24)27(20(28)12-15-7-8-15)14-17-9-10-19(23)18(11-17)21(29)26-13-16-5-3-2-4-6-16/h2-6,9-11,15H,7-8,12-14H2,1H3,(H2,24,25)(H,26,29). The quantitative estimate of drug-likeness (QED) is 0.557. The molecule has 0 saturated heterocycles. The number of nitrogens with one attached hydrogen (secondary N) is 1. The summed E-state index contributed by atoms with van der Waals surface area (Å²) in [5, 5.41) is 2.72. The van der Waals surface area contributed by atoms with Gasteiger partial charge in [0.05, 0.1) is 12.1 Å². The zero-order valence-corrected chi connectivity index (χ0v) is 16.4. The van der Waals surface area contributed by atoms with Crippen LogP contribution in [-0.2, 0) is 17.9 Å². The van der Waals surface area contributed by atoms with Crippen molar-refractivity contribution in [3.05, 3.63) is 71.0 Å². The van der Waals surface area contributed by atoms with E-state index in [4.69, 9.17) is 5.73 Å². The van der Waals surface area contributed by atoms with Crippen LogP contribution < -0.4 is 11.1 Å². The largest absolute Gasteiger partial charge is 0.369 e. The Labute approximate surface area is 169 Å². The number of nitrogens with zero attached hydrogens (tertiary/aromatic N) is 2. The van der Waals surface area contributed by atoms with Crippen molar-refractivity contribution in [1.29, 1.82) is 0 Å². The number of aliphatic imine (C=N–C) groups is 1. The molecule has 0 radical (unpaired) electrons. The van der Waals surface area contributed by atoms with Gasteiger partial charge in [-0.1, -0.05) is 36.4 Å². The molecule has 0 aromatic heterocycles.